The van der Waals surface area contributed by atoms with Crippen LogP contribution >= 0.6 is 0 Å². The molecule has 0 bridgehead atoms. The van der Waals surface area contributed by atoms with Crippen molar-refractivity contribution in [3.63, 3.8) is 0 Å². The van der Waals surface area contributed by atoms with Crippen molar-refractivity contribution in [1.29, 1.82) is 0 Å². The maximum absolute atomic E-state index is 2.29. The van der Waals surface area contributed by atoms with Gasteiger partial charge in [0, 0.05) is 0 Å². The zero-order valence-corrected chi connectivity index (χ0v) is 81.4. The third-order valence-corrected chi connectivity index (χ3v) is 38.2. The summed E-state index contributed by atoms with van der Waals surface area (Å²) in [5.41, 5.74) is 0. The standard InChI is InChI=1S/14C4H9.10Sn.6H/c14*1-3-4-2;;;;;;;;;;;;;;;;/h14*1,3-4H2,2H3;;;;;;;;;;;;;;;;/q;;;;;;;;;;;;;;10*+2;;;;;;. The first-order valence-corrected chi connectivity index (χ1v) is 57.1. The van der Waals surface area contributed by atoms with Crippen molar-refractivity contribution in [2.45, 2.75) is 339 Å². The average Bonchev–Trinajstić information content (AvgIpc) is 3.30. The van der Waals surface area contributed by atoms with Gasteiger partial charge in [-0.2, -0.15) is 0 Å². The summed E-state index contributed by atoms with van der Waals surface area (Å²) in [6, 6.07) is 0. The van der Waals surface area contributed by atoms with Crippen LogP contribution in [0.15, 0.2) is 0 Å². The minimum atomic E-state index is 0. The van der Waals surface area contributed by atoms with Crippen LogP contribution in [0.2, 0.25) is 62.1 Å². The fourth-order valence-electron chi connectivity index (χ4n) is 5.10. The third kappa shape index (κ3) is 145. The fraction of sp³-hybridized carbons (Fsp3) is 1.00. The summed E-state index contributed by atoms with van der Waals surface area (Å²) < 4.78 is 22.7. The first kappa shape index (κ1) is 96.3. The van der Waals surface area contributed by atoms with E-state index < -0.39 is 0 Å². The van der Waals surface area contributed by atoms with Gasteiger partial charge in [0.25, 0.3) is 0 Å². The van der Waals surface area contributed by atoms with Crippen molar-refractivity contribution >= 4 is 220 Å². The Balaban J connectivity index is -0.0000000688. The zero-order chi connectivity index (χ0) is 48.6. The molecular weight excluding hydrogens is 1860 g/mol. The monoisotopic (exact) mass is 2000 g/mol. The SMILES string of the molecule is CCC[CH2][Sn+2][CH2]CCC.CCC[CH2][Sn+2][CH2]CCC.CCC[CH2][Sn+2][CH2]CCC.CCC[CH2][Sn+2][CH2]CCC.CCC[CH2][Sn+2][CH2]CCC.CCC[CH2][Sn+2][CH2]CCC.CCC[CH2][Sn+2][CH2]CCC.[SnH2+2].[SnH2+2].[SnH2+2]. The van der Waals surface area contributed by atoms with Crippen molar-refractivity contribution in [1.82, 2.24) is 0 Å². The summed E-state index contributed by atoms with van der Waals surface area (Å²) in [6.45, 7) is 32.1. The van der Waals surface area contributed by atoms with Crippen LogP contribution in [-0.2, 0) is 0 Å². The molecule has 0 atom stereocenters. The van der Waals surface area contributed by atoms with Crippen LogP contribution in [0.5, 0.6) is 0 Å². The molecule has 376 valence electrons. The second kappa shape index (κ2) is 116. The van der Waals surface area contributed by atoms with E-state index in [0.29, 0.717) is 0 Å². The Morgan fingerprint density at radius 2 is 0.197 bits per heavy atom. The molecule has 0 aliphatic carbocycles. The van der Waals surface area contributed by atoms with Crippen LogP contribution < -0.4 is 0 Å². The summed E-state index contributed by atoms with van der Waals surface area (Å²) in [5.74, 6) is 0. The predicted molar refractivity (Wildman–Crippen MR) is 342 cm³/mol. The van der Waals surface area contributed by atoms with Gasteiger partial charge in [-0.3, -0.25) is 0 Å². The molecule has 0 unspecified atom stereocenters. The number of hydrogen-bond acceptors (Lipinski definition) is 0. The van der Waals surface area contributed by atoms with Crippen molar-refractivity contribution < 1.29 is 0 Å². The van der Waals surface area contributed by atoms with Gasteiger partial charge < -0.3 is 0 Å². The molecular formula is C56H132Sn10+20. The average molecular weight is 1990 g/mol. The molecule has 0 spiro atoms. The summed E-state index contributed by atoms with van der Waals surface area (Å²) in [4.78, 5) is 0. The Bertz CT molecular complexity index is 411. The predicted octanol–water partition coefficient (Wildman–Crippen LogP) is 19.1. The molecule has 0 aromatic heterocycles. The van der Waals surface area contributed by atoms with Gasteiger partial charge in [-0.15, -0.1) is 0 Å². The fourth-order valence-corrected chi connectivity index (χ4v) is 34.2. The molecule has 0 aliphatic heterocycles. The molecule has 0 heterocycles. The first-order valence-electron chi connectivity index (χ1n) is 28.8. The van der Waals surface area contributed by atoms with Gasteiger partial charge in [0.2, 0.25) is 0 Å². The van der Waals surface area contributed by atoms with Crippen LogP contribution in [0.1, 0.15) is 277 Å². The van der Waals surface area contributed by atoms with Crippen molar-refractivity contribution in [3.8, 4) is 0 Å². The van der Waals surface area contributed by atoms with Crippen molar-refractivity contribution in [2.24, 2.45) is 0 Å². The maximum atomic E-state index is 2.29. The first-order chi connectivity index (χ1) is 30.9. The Morgan fingerprint density at radius 1 is 0.136 bits per heavy atom. The molecule has 0 saturated carbocycles. The van der Waals surface area contributed by atoms with Gasteiger partial charge in [0.15, 0.2) is 0 Å². The molecule has 66 heavy (non-hydrogen) atoms. The molecule has 0 amide bonds. The topological polar surface area (TPSA) is 0 Å². The van der Waals surface area contributed by atoms with E-state index in [0.717, 1.165) is 0 Å². The molecule has 0 aromatic carbocycles. The van der Waals surface area contributed by atoms with E-state index in [9.17, 15) is 0 Å². The van der Waals surface area contributed by atoms with Crippen LogP contribution in [-0.4, -0.2) is 220 Å². The Kier molecular flexibility index (Phi) is 170. The van der Waals surface area contributed by atoms with Gasteiger partial charge in [0.05, 0.1) is 0 Å². The Hall–Kier alpha value is 7.99. The van der Waals surface area contributed by atoms with E-state index >= 15 is 0 Å². The zero-order valence-electron chi connectivity index (χ0n) is 49.3. The van der Waals surface area contributed by atoms with Crippen molar-refractivity contribution in [2.75, 3.05) is 0 Å². The second-order valence-corrected chi connectivity index (χ2v) is 47.2. The van der Waals surface area contributed by atoms with Gasteiger partial charge in [0.1, 0.15) is 0 Å². The van der Waals surface area contributed by atoms with E-state index in [1.807, 2.05) is 0 Å². The number of hydrogen-bond donors (Lipinski definition) is 0. The van der Waals surface area contributed by atoms with Crippen molar-refractivity contribution in [3.05, 3.63) is 0 Å². The van der Waals surface area contributed by atoms with Crippen LogP contribution in [0.3, 0.4) is 0 Å². The Labute approximate surface area is 548 Å². The van der Waals surface area contributed by atoms with E-state index in [4.69, 9.17) is 0 Å². The molecule has 10 heteroatoms. The van der Waals surface area contributed by atoms with E-state index in [2.05, 4.69) is 96.9 Å². The van der Waals surface area contributed by atoms with E-state index in [1.54, 1.807) is 62.1 Å². The number of rotatable bonds is 42. The molecule has 0 aromatic rings. The number of unbranched alkanes of at least 4 members (excludes halogenated alkanes) is 14. The quantitative estimate of drug-likeness (QED) is 0.0422. The van der Waals surface area contributed by atoms with E-state index in [1.165, 1.54) is 180 Å². The van der Waals surface area contributed by atoms with Crippen LogP contribution in [0.25, 0.3) is 0 Å². The van der Waals surface area contributed by atoms with Gasteiger partial charge in [-0.25, -0.2) is 0 Å². The molecule has 0 nitrogen and oxygen atoms in total. The van der Waals surface area contributed by atoms with E-state index in [-0.39, 0.29) is 220 Å². The van der Waals surface area contributed by atoms with Gasteiger partial charge in [-0.05, 0) is 0 Å². The van der Waals surface area contributed by atoms with Crippen LogP contribution in [0, 0.1) is 0 Å². The summed E-state index contributed by atoms with van der Waals surface area (Å²) in [7, 11) is 0. The normalized spacial score (nSPS) is 8.70. The summed E-state index contributed by atoms with van der Waals surface area (Å²) in [5, 5.41) is 0. The third-order valence-electron chi connectivity index (χ3n) is 9.90. The molecule has 0 fully saturated rings. The second-order valence-electron chi connectivity index (χ2n) is 17.2. The molecule has 0 radical (unpaired) electrons. The van der Waals surface area contributed by atoms with Gasteiger partial charge in [-0.1, -0.05) is 0 Å². The molecule has 0 rings (SSSR count). The Morgan fingerprint density at radius 3 is 0.242 bits per heavy atom. The van der Waals surface area contributed by atoms with Gasteiger partial charge >= 0.3 is 559 Å². The molecule has 0 aliphatic rings. The van der Waals surface area contributed by atoms with Crippen LogP contribution in [0.4, 0.5) is 0 Å². The summed E-state index contributed by atoms with van der Waals surface area (Å²) in [6.07, 6.45) is 40.9. The minimum absolute atomic E-state index is 0. The molecule has 0 saturated heterocycles. The molecule has 0 N–H and O–H groups in total. The summed E-state index contributed by atoms with van der Waals surface area (Å²) >= 11 is 1.05.